The smallest absolute Gasteiger partial charge is 0.262 e. The van der Waals surface area contributed by atoms with Crippen molar-refractivity contribution in [3.8, 4) is 0 Å². The Hall–Kier alpha value is -1.97. The van der Waals surface area contributed by atoms with Gasteiger partial charge in [-0.05, 0) is 44.4 Å². The van der Waals surface area contributed by atoms with E-state index in [1.54, 1.807) is 11.2 Å². The molecule has 150 valence electrons. The van der Waals surface area contributed by atoms with Gasteiger partial charge in [0.1, 0.15) is 5.01 Å². The first kappa shape index (κ1) is 19.4. The van der Waals surface area contributed by atoms with Crippen molar-refractivity contribution in [1.29, 1.82) is 0 Å². The third kappa shape index (κ3) is 3.11. The summed E-state index contributed by atoms with van der Waals surface area (Å²) >= 11 is 1.45. The molecule has 0 radical (unpaired) electrons. The Bertz CT molecular complexity index is 1120. The molecule has 0 bridgehead atoms. The Morgan fingerprint density at radius 1 is 1.11 bits per heavy atom. The van der Waals surface area contributed by atoms with Crippen LogP contribution in [0.15, 0.2) is 23.2 Å². The van der Waals surface area contributed by atoms with Gasteiger partial charge in [0.05, 0.1) is 5.69 Å². The number of nitrogens with zero attached hydrogens (tertiary/aromatic N) is 5. The monoisotopic (exact) mass is 419 g/mol. The van der Waals surface area contributed by atoms with Crippen molar-refractivity contribution in [1.82, 2.24) is 18.9 Å². The van der Waals surface area contributed by atoms with Crippen LogP contribution >= 0.6 is 11.3 Å². The zero-order chi connectivity index (χ0) is 20.1. The van der Waals surface area contributed by atoms with Gasteiger partial charge in [0.15, 0.2) is 5.03 Å². The number of sulfonamides is 1. The van der Waals surface area contributed by atoms with E-state index in [1.807, 2.05) is 6.92 Å². The first-order valence-electron chi connectivity index (χ1n) is 9.49. The van der Waals surface area contributed by atoms with E-state index < -0.39 is 10.0 Å². The zero-order valence-corrected chi connectivity index (χ0v) is 18.3. The zero-order valence-electron chi connectivity index (χ0n) is 16.6. The van der Waals surface area contributed by atoms with Crippen LogP contribution < -0.4 is 4.90 Å². The van der Waals surface area contributed by atoms with Crippen molar-refractivity contribution < 1.29 is 8.42 Å². The highest BCUT2D eigenvalue weighted by atomic mass is 32.2. The van der Waals surface area contributed by atoms with Gasteiger partial charge in [0, 0.05) is 31.9 Å². The number of aryl methyl sites for hydroxylation is 3. The number of aromatic nitrogens is 3. The molecule has 3 heterocycles. The van der Waals surface area contributed by atoms with E-state index in [4.69, 9.17) is 0 Å². The fourth-order valence-corrected chi connectivity index (χ4v) is 6.27. The second-order valence-electron chi connectivity index (χ2n) is 7.16. The van der Waals surface area contributed by atoms with Gasteiger partial charge in [-0.25, -0.2) is 13.4 Å². The van der Waals surface area contributed by atoms with Crippen molar-refractivity contribution in [2.75, 3.05) is 31.1 Å². The fraction of sp³-hybridized carbons (Fsp3) is 0.474. The quantitative estimate of drug-likeness (QED) is 0.650. The highest BCUT2D eigenvalue weighted by Gasteiger charge is 2.34. The lowest BCUT2D eigenvalue weighted by Gasteiger charge is -2.36. The second kappa shape index (κ2) is 7.13. The van der Waals surface area contributed by atoms with Crippen molar-refractivity contribution in [3.63, 3.8) is 0 Å². The van der Waals surface area contributed by atoms with Crippen LogP contribution in [0, 0.1) is 20.8 Å². The summed E-state index contributed by atoms with van der Waals surface area (Å²) in [5, 5.41) is 5.55. The third-order valence-electron chi connectivity index (χ3n) is 5.41. The van der Waals surface area contributed by atoms with E-state index >= 15 is 0 Å². The summed E-state index contributed by atoms with van der Waals surface area (Å²) < 4.78 is 29.8. The summed E-state index contributed by atoms with van der Waals surface area (Å²) in [6.45, 7) is 10.2. The summed E-state index contributed by atoms with van der Waals surface area (Å²) in [6.07, 6.45) is 0.765. The van der Waals surface area contributed by atoms with Crippen LogP contribution in [0.1, 0.15) is 28.8 Å². The average Bonchev–Trinajstić information content (AvgIpc) is 3.20. The molecule has 1 saturated heterocycles. The Morgan fingerprint density at radius 2 is 1.82 bits per heavy atom. The lowest BCUT2D eigenvalue weighted by atomic mass is 10.1. The summed E-state index contributed by atoms with van der Waals surface area (Å²) in [4.78, 5) is 7.34. The van der Waals surface area contributed by atoms with Crippen molar-refractivity contribution >= 4 is 32.0 Å². The van der Waals surface area contributed by atoms with Crippen LogP contribution in [0.4, 0.5) is 5.69 Å². The van der Waals surface area contributed by atoms with Crippen LogP contribution in [0.3, 0.4) is 0 Å². The van der Waals surface area contributed by atoms with E-state index in [0.29, 0.717) is 36.8 Å². The van der Waals surface area contributed by atoms with Crippen molar-refractivity contribution in [2.24, 2.45) is 0 Å². The highest BCUT2D eigenvalue weighted by molar-refractivity contribution is 7.89. The molecule has 4 rings (SSSR count). The normalized spacial score (nSPS) is 16.2. The van der Waals surface area contributed by atoms with Gasteiger partial charge in [-0.3, -0.25) is 0 Å². The molecule has 0 atom stereocenters. The van der Waals surface area contributed by atoms with E-state index in [2.05, 4.69) is 47.0 Å². The van der Waals surface area contributed by atoms with Crippen LogP contribution in [0.2, 0.25) is 0 Å². The maximum absolute atomic E-state index is 13.4. The number of imidazole rings is 1. The molecule has 28 heavy (non-hydrogen) atoms. The molecule has 7 nitrogen and oxygen atoms in total. The number of piperazine rings is 1. The largest absolute Gasteiger partial charge is 0.369 e. The molecule has 0 saturated carbocycles. The number of hydrogen-bond acceptors (Lipinski definition) is 6. The number of rotatable bonds is 4. The number of fused-ring (bicyclic) bond motifs is 1. The van der Waals surface area contributed by atoms with Crippen LogP contribution in [-0.4, -0.2) is 53.5 Å². The molecule has 1 aromatic carbocycles. The van der Waals surface area contributed by atoms with Crippen molar-refractivity contribution in [3.05, 3.63) is 40.0 Å². The van der Waals surface area contributed by atoms with Gasteiger partial charge in [0.2, 0.25) is 4.96 Å². The minimum atomic E-state index is -3.64. The molecule has 1 aliphatic rings. The molecule has 1 aliphatic heterocycles. The molecule has 3 aromatic rings. The minimum absolute atomic E-state index is 0.207. The molecule has 0 aliphatic carbocycles. The summed E-state index contributed by atoms with van der Waals surface area (Å²) in [5.41, 5.74) is 4.20. The molecule has 0 spiro atoms. The SMILES string of the molecule is CCc1nn2c(S(=O)(=O)N3CCN(c4cccc(C)c4C)CC3)c(C)nc2s1. The Morgan fingerprint density at radius 3 is 2.50 bits per heavy atom. The Kier molecular flexibility index (Phi) is 4.93. The first-order valence-corrected chi connectivity index (χ1v) is 11.7. The molecular weight excluding hydrogens is 394 g/mol. The van der Waals surface area contributed by atoms with E-state index in [0.717, 1.165) is 11.4 Å². The molecule has 0 N–H and O–H groups in total. The molecule has 9 heteroatoms. The predicted molar refractivity (Wildman–Crippen MR) is 112 cm³/mol. The average molecular weight is 420 g/mol. The minimum Gasteiger partial charge on any atom is -0.369 e. The summed E-state index contributed by atoms with van der Waals surface area (Å²) in [5.74, 6) is 0. The van der Waals surface area contributed by atoms with Gasteiger partial charge < -0.3 is 4.90 Å². The Labute approximate surface area is 169 Å². The van der Waals surface area contributed by atoms with Crippen LogP contribution in [-0.2, 0) is 16.4 Å². The van der Waals surface area contributed by atoms with Crippen LogP contribution in [0.5, 0.6) is 0 Å². The predicted octanol–water partition coefficient (Wildman–Crippen LogP) is 2.79. The second-order valence-corrected chi connectivity index (χ2v) is 10.1. The first-order chi connectivity index (χ1) is 13.3. The summed E-state index contributed by atoms with van der Waals surface area (Å²) in [6, 6.07) is 6.27. The highest BCUT2D eigenvalue weighted by Crippen LogP contribution is 2.28. The Balaban J connectivity index is 1.60. The van der Waals surface area contributed by atoms with E-state index in [1.165, 1.54) is 32.7 Å². The van der Waals surface area contributed by atoms with Gasteiger partial charge in [-0.2, -0.15) is 13.9 Å². The van der Waals surface area contributed by atoms with Crippen molar-refractivity contribution in [2.45, 2.75) is 39.1 Å². The standard InChI is InChI=1S/C19H25N5O2S2/c1-5-17-21-24-18(15(4)20-19(24)27-17)28(25,26)23-11-9-22(10-12-23)16-8-6-7-13(2)14(16)3/h6-8H,5,9-12H2,1-4H3. The molecular formula is C19H25N5O2S2. The lowest BCUT2D eigenvalue weighted by molar-refractivity contribution is 0.382. The molecule has 1 fully saturated rings. The van der Waals surface area contributed by atoms with E-state index in [9.17, 15) is 8.42 Å². The number of anilines is 1. The van der Waals surface area contributed by atoms with Gasteiger partial charge >= 0.3 is 0 Å². The molecule has 2 aromatic heterocycles. The maximum Gasteiger partial charge on any atom is 0.262 e. The number of benzene rings is 1. The topological polar surface area (TPSA) is 70.8 Å². The molecule has 0 amide bonds. The van der Waals surface area contributed by atoms with Crippen LogP contribution in [0.25, 0.3) is 4.96 Å². The fourth-order valence-electron chi connectivity index (χ4n) is 3.68. The van der Waals surface area contributed by atoms with Gasteiger partial charge in [0.25, 0.3) is 10.0 Å². The summed E-state index contributed by atoms with van der Waals surface area (Å²) in [7, 11) is -3.64. The van der Waals surface area contributed by atoms with Gasteiger partial charge in [-0.15, -0.1) is 0 Å². The number of hydrogen-bond donors (Lipinski definition) is 0. The molecule has 0 unspecified atom stereocenters. The maximum atomic E-state index is 13.4. The third-order valence-corrected chi connectivity index (χ3v) is 8.46. The van der Waals surface area contributed by atoms with Gasteiger partial charge in [-0.1, -0.05) is 30.4 Å². The van der Waals surface area contributed by atoms with E-state index in [-0.39, 0.29) is 5.03 Å². The lowest BCUT2D eigenvalue weighted by Crippen LogP contribution is -2.49.